The van der Waals surface area contributed by atoms with Crippen LogP contribution in [0.25, 0.3) is 10.2 Å². The maximum absolute atomic E-state index is 13.4. The summed E-state index contributed by atoms with van der Waals surface area (Å²) in [4.78, 5) is 49.1. The number of carbonyl (C=O) groups is 2. The van der Waals surface area contributed by atoms with Crippen LogP contribution in [0, 0.1) is 19.8 Å². The van der Waals surface area contributed by atoms with Gasteiger partial charge in [-0.1, -0.05) is 18.2 Å². The fourth-order valence-corrected chi connectivity index (χ4v) is 6.91. The van der Waals surface area contributed by atoms with Gasteiger partial charge in [-0.05, 0) is 38.0 Å². The zero-order valence-electron chi connectivity index (χ0n) is 19.2. The highest BCUT2D eigenvalue weighted by atomic mass is 32.2. The fraction of sp³-hybridized carbons (Fsp3) is 0.417. The zero-order chi connectivity index (χ0) is 24.2. The third-order valence-corrected chi connectivity index (χ3v) is 8.89. The fourth-order valence-electron chi connectivity index (χ4n) is 5.07. The van der Waals surface area contributed by atoms with Gasteiger partial charge in [0.25, 0.3) is 5.56 Å². The molecular weight excluding hydrogens is 472 g/mol. The Labute approximate surface area is 204 Å². The molecule has 4 heterocycles. The smallest absolute Gasteiger partial charge is 0.259 e. The number of fused-ring (bicyclic) bond motifs is 5. The first-order valence-electron chi connectivity index (χ1n) is 11.1. The van der Waals surface area contributed by atoms with Crippen LogP contribution < -0.4 is 16.0 Å². The number of aryl methyl sites for hydroxylation is 2. The van der Waals surface area contributed by atoms with E-state index in [9.17, 15) is 14.4 Å². The number of rotatable bonds is 6. The van der Waals surface area contributed by atoms with Crippen molar-refractivity contribution in [3.05, 3.63) is 56.4 Å². The molecule has 3 unspecified atom stereocenters. The molecule has 3 aromatic rings. The van der Waals surface area contributed by atoms with Gasteiger partial charge in [0.15, 0.2) is 5.72 Å². The molecule has 8 nitrogen and oxygen atoms in total. The highest BCUT2D eigenvalue weighted by Gasteiger charge is 2.55. The van der Waals surface area contributed by atoms with E-state index in [2.05, 4.69) is 9.97 Å². The minimum absolute atomic E-state index is 0.120. The molecule has 5 rings (SSSR count). The summed E-state index contributed by atoms with van der Waals surface area (Å²) in [5.41, 5.74) is 6.55. The van der Waals surface area contributed by atoms with Gasteiger partial charge < -0.3 is 20.4 Å². The average Bonchev–Trinajstić information content (AvgIpc) is 3.06. The van der Waals surface area contributed by atoms with Crippen LogP contribution in [0.4, 0.5) is 0 Å². The molecule has 3 atom stereocenters. The number of likely N-dealkylation sites (tertiary alicyclic amines) is 1. The lowest BCUT2D eigenvalue weighted by Crippen LogP contribution is -2.64. The largest absolute Gasteiger partial charge is 0.468 e. The predicted molar refractivity (Wildman–Crippen MR) is 133 cm³/mol. The molecule has 1 aromatic carbocycles. The Kier molecular flexibility index (Phi) is 5.68. The zero-order valence-corrected chi connectivity index (χ0v) is 20.8. The second kappa shape index (κ2) is 8.42. The Bertz CT molecular complexity index is 1370. The number of benzene rings is 1. The van der Waals surface area contributed by atoms with Crippen LogP contribution in [0.3, 0.4) is 0 Å². The van der Waals surface area contributed by atoms with Crippen molar-refractivity contribution in [2.75, 3.05) is 12.3 Å². The van der Waals surface area contributed by atoms with Gasteiger partial charge in [-0.25, -0.2) is 4.98 Å². The van der Waals surface area contributed by atoms with Gasteiger partial charge in [0.2, 0.25) is 11.8 Å². The van der Waals surface area contributed by atoms with Gasteiger partial charge in [0, 0.05) is 29.5 Å². The van der Waals surface area contributed by atoms with Gasteiger partial charge in [-0.15, -0.1) is 11.3 Å². The van der Waals surface area contributed by atoms with Crippen molar-refractivity contribution in [2.45, 2.75) is 44.6 Å². The third-order valence-electron chi connectivity index (χ3n) is 6.85. The number of primary amides is 1. The Morgan fingerprint density at radius 2 is 2.12 bits per heavy atom. The van der Waals surface area contributed by atoms with Gasteiger partial charge in [0.05, 0.1) is 11.1 Å². The van der Waals surface area contributed by atoms with Crippen LogP contribution in [-0.2, 0) is 15.3 Å². The first kappa shape index (κ1) is 22.9. The third kappa shape index (κ3) is 3.69. The maximum atomic E-state index is 13.4. The molecule has 0 aliphatic carbocycles. The van der Waals surface area contributed by atoms with Gasteiger partial charge in [-0.2, -0.15) is 11.8 Å². The number of amides is 2. The van der Waals surface area contributed by atoms with Crippen molar-refractivity contribution in [2.24, 2.45) is 11.7 Å². The van der Waals surface area contributed by atoms with E-state index in [1.165, 1.54) is 11.3 Å². The second-order valence-electron chi connectivity index (χ2n) is 9.02. The van der Waals surface area contributed by atoms with Crippen molar-refractivity contribution >= 4 is 45.1 Å². The molecule has 178 valence electrons. The summed E-state index contributed by atoms with van der Waals surface area (Å²) in [6.45, 7) is 6.21. The normalized spacial score (nSPS) is 23.6. The number of thioether (sulfide) groups is 1. The summed E-state index contributed by atoms with van der Waals surface area (Å²) in [6.07, 6.45) is 0.511. The van der Waals surface area contributed by atoms with Crippen LogP contribution in [0.2, 0.25) is 0 Å². The summed E-state index contributed by atoms with van der Waals surface area (Å²) in [5, 5.41) is 0.657. The number of ether oxygens (including phenoxy) is 1. The van der Waals surface area contributed by atoms with Crippen molar-refractivity contribution in [3.63, 3.8) is 0 Å². The Morgan fingerprint density at radius 1 is 1.35 bits per heavy atom. The topological polar surface area (TPSA) is 118 Å². The molecule has 2 bridgehead atoms. The van der Waals surface area contributed by atoms with Crippen LogP contribution in [0.1, 0.15) is 41.1 Å². The molecular formula is C24H26N4O4S2. The van der Waals surface area contributed by atoms with E-state index in [-0.39, 0.29) is 17.4 Å². The lowest BCUT2D eigenvalue weighted by Gasteiger charge is -2.52. The van der Waals surface area contributed by atoms with Crippen LogP contribution in [0.15, 0.2) is 29.1 Å². The predicted octanol–water partition coefficient (Wildman–Crippen LogP) is 3.06. The van der Waals surface area contributed by atoms with Crippen molar-refractivity contribution in [1.82, 2.24) is 14.9 Å². The number of hydrogen-bond acceptors (Lipinski definition) is 7. The minimum Gasteiger partial charge on any atom is -0.468 e. The number of aromatic nitrogens is 2. The quantitative estimate of drug-likeness (QED) is 0.398. The van der Waals surface area contributed by atoms with E-state index in [0.717, 1.165) is 20.8 Å². The lowest BCUT2D eigenvalue weighted by atomic mass is 9.73. The average molecular weight is 499 g/mol. The number of piperidine rings is 1. The van der Waals surface area contributed by atoms with E-state index < -0.39 is 17.6 Å². The van der Waals surface area contributed by atoms with Crippen LogP contribution >= 0.6 is 23.1 Å². The monoisotopic (exact) mass is 498 g/mol. The highest BCUT2D eigenvalue weighted by molar-refractivity contribution is 7.98. The summed E-state index contributed by atoms with van der Waals surface area (Å²) in [6, 6.07) is 7.53. The van der Waals surface area contributed by atoms with E-state index in [1.54, 1.807) is 16.7 Å². The lowest BCUT2D eigenvalue weighted by molar-refractivity contribution is -0.174. The number of thiophene rings is 1. The van der Waals surface area contributed by atoms with E-state index in [4.69, 9.17) is 10.5 Å². The highest BCUT2D eigenvalue weighted by Crippen LogP contribution is 2.50. The summed E-state index contributed by atoms with van der Waals surface area (Å²) in [7, 11) is 0. The summed E-state index contributed by atoms with van der Waals surface area (Å²) < 4.78 is 6.28. The van der Waals surface area contributed by atoms with E-state index in [1.807, 2.05) is 45.0 Å². The SMILES string of the molecule is Cc1sc2nc(CSCCN3C(=O)C(C(N)=O)C4CC3(C)Oc3ccccc34)[nH]c(=O)c2c1C. The van der Waals surface area contributed by atoms with Crippen LogP contribution in [0.5, 0.6) is 5.75 Å². The number of nitrogens with one attached hydrogen (secondary N) is 1. The number of para-hydroxylation sites is 1. The Hall–Kier alpha value is -2.85. The number of carbonyl (C=O) groups excluding carboxylic acids is 2. The van der Waals surface area contributed by atoms with Crippen LogP contribution in [-0.4, -0.2) is 44.7 Å². The van der Waals surface area contributed by atoms with Crippen molar-refractivity contribution in [1.29, 1.82) is 0 Å². The molecule has 0 radical (unpaired) electrons. The number of nitrogens with zero attached hydrogens (tertiary/aromatic N) is 2. The van der Waals surface area contributed by atoms with Crippen molar-refractivity contribution < 1.29 is 14.3 Å². The molecule has 0 spiro atoms. The summed E-state index contributed by atoms with van der Waals surface area (Å²) >= 11 is 3.08. The number of hydrogen-bond donors (Lipinski definition) is 2. The standard InChI is InChI=1S/C24H26N4O4S2/c1-12-13(2)34-22-18(12)21(30)26-17(27-22)11-33-9-8-28-23(31)19(20(25)29)15-10-24(28,3)32-16-7-5-4-6-14(15)16/h4-7,15,19H,8-11H2,1-3H3,(H2,25,29)(H,26,27,30). The molecule has 10 heteroatoms. The molecule has 3 N–H and O–H groups in total. The van der Waals surface area contributed by atoms with E-state index in [0.29, 0.717) is 41.4 Å². The molecule has 34 heavy (non-hydrogen) atoms. The van der Waals surface area contributed by atoms with Crippen molar-refractivity contribution in [3.8, 4) is 5.75 Å². The molecule has 2 amide bonds. The second-order valence-corrected chi connectivity index (χ2v) is 11.3. The number of H-pyrrole nitrogens is 1. The molecule has 2 aromatic heterocycles. The first-order valence-corrected chi connectivity index (χ1v) is 13.1. The summed E-state index contributed by atoms with van der Waals surface area (Å²) in [5.74, 6) is 0.295. The first-order chi connectivity index (χ1) is 16.2. The molecule has 2 aliphatic heterocycles. The Morgan fingerprint density at radius 3 is 2.88 bits per heavy atom. The molecule has 1 saturated heterocycles. The Balaban J connectivity index is 1.32. The van der Waals surface area contributed by atoms with Gasteiger partial charge in [0.1, 0.15) is 22.3 Å². The maximum Gasteiger partial charge on any atom is 0.259 e. The number of aromatic amines is 1. The van der Waals surface area contributed by atoms with Gasteiger partial charge in [-0.3, -0.25) is 14.4 Å². The molecule has 1 fully saturated rings. The molecule has 2 aliphatic rings. The van der Waals surface area contributed by atoms with Gasteiger partial charge >= 0.3 is 0 Å². The molecule has 0 saturated carbocycles. The minimum atomic E-state index is -0.908. The number of nitrogens with two attached hydrogens (primary N) is 1. The van der Waals surface area contributed by atoms with E-state index >= 15 is 0 Å².